The second-order valence-electron chi connectivity index (χ2n) is 4.93. The van der Waals surface area contributed by atoms with Crippen LogP contribution in [0.2, 0.25) is 0 Å². The van der Waals surface area contributed by atoms with Crippen molar-refractivity contribution in [2.24, 2.45) is 0 Å². The molecule has 1 aromatic heterocycles. The lowest BCUT2D eigenvalue weighted by molar-refractivity contribution is -0.385. The van der Waals surface area contributed by atoms with Gasteiger partial charge in [0.1, 0.15) is 5.75 Å². The maximum Gasteiger partial charge on any atom is 0.270 e. The number of nitro groups is 2. The van der Waals surface area contributed by atoms with Crippen molar-refractivity contribution < 1.29 is 14.6 Å². The predicted octanol–water partition coefficient (Wildman–Crippen LogP) is 4.41. The Morgan fingerprint density at radius 3 is 2.48 bits per heavy atom. The summed E-state index contributed by atoms with van der Waals surface area (Å²) < 4.78 is 6.69. The molecule has 0 atom stereocenters. The first-order valence-corrected chi connectivity index (χ1v) is 8.77. The van der Waals surface area contributed by atoms with Gasteiger partial charge in [-0.15, -0.1) is 11.3 Å². The fraction of sp³-hybridized carbons (Fsp3) is 0.133. The number of thioether (sulfide) groups is 1. The molecule has 1 heterocycles. The first-order valence-electron chi connectivity index (χ1n) is 6.97. The van der Waals surface area contributed by atoms with Gasteiger partial charge < -0.3 is 4.74 Å². The summed E-state index contributed by atoms with van der Waals surface area (Å²) in [7, 11) is 1.51. The number of nitro benzene ring substituents is 2. The number of ether oxygens (including phenoxy) is 1. The number of benzene rings is 2. The van der Waals surface area contributed by atoms with Gasteiger partial charge >= 0.3 is 0 Å². The van der Waals surface area contributed by atoms with Crippen LogP contribution in [-0.4, -0.2) is 21.9 Å². The van der Waals surface area contributed by atoms with Crippen LogP contribution in [0.15, 0.2) is 40.7 Å². The standard InChI is InChI=1S/C15H11N3O5S2/c1-23-13-5-3-10(17(19)20)6-9(13)8-24-15-16-12-4-2-11(18(21)22)7-14(12)25-15/h2-7H,8H2,1H3. The van der Waals surface area contributed by atoms with Crippen molar-refractivity contribution in [3.63, 3.8) is 0 Å². The van der Waals surface area contributed by atoms with Gasteiger partial charge in [-0.2, -0.15) is 0 Å². The Kier molecular flexibility index (Phi) is 4.81. The molecule has 25 heavy (non-hydrogen) atoms. The van der Waals surface area contributed by atoms with Gasteiger partial charge in [0, 0.05) is 35.6 Å². The summed E-state index contributed by atoms with van der Waals surface area (Å²) in [5, 5.41) is 21.8. The number of rotatable bonds is 6. The second kappa shape index (κ2) is 7.03. The van der Waals surface area contributed by atoms with Gasteiger partial charge in [-0.05, 0) is 12.1 Å². The predicted molar refractivity (Wildman–Crippen MR) is 95.5 cm³/mol. The monoisotopic (exact) mass is 377 g/mol. The maximum atomic E-state index is 10.9. The van der Waals surface area contributed by atoms with E-state index in [0.29, 0.717) is 22.6 Å². The third-order valence-corrected chi connectivity index (χ3v) is 5.60. The molecule has 0 aliphatic carbocycles. The Morgan fingerprint density at radius 1 is 1.12 bits per heavy atom. The maximum absolute atomic E-state index is 10.9. The van der Waals surface area contributed by atoms with Crippen molar-refractivity contribution in [1.29, 1.82) is 0 Å². The van der Waals surface area contributed by atoms with Crippen molar-refractivity contribution in [3.05, 3.63) is 62.2 Å². The normalized spacial score (nSPS) is 10.8. The molecule has 0 radical (unpaired) electrons. The van der Waals surface area contributed by atoms with E-state index in [1.165, 1.54) is 54.5 Å². The number of fused-ring (bicyclic) bond motifs is 1. The molecule has 0 fully saturated rings. The van der Waals surface area contributed by atoms with Crippen LogP contribution in [0.4, 0.5) is 11.4 Å². The quantitative estimate of drug-likeness (QED) is 0.355. The van der Waals surface area contributed by atoms with Crippen LogP contribution in [0.25, 0.3) is 10.2 Å². The fourth-order valence-electron chi connectivity index (χ4n) is 2.20. The molecular weight excluding hydrogens is 366 g/mol. The van der Waals surface area contributed by atoms with Crippen molar-refractivity contribution >= 4 is 44.7 Å². The molecule has 0 aliphatic heterocycles. The van der Waals surface area contributed by atoms with Gasteiger partial charge in [0.25, 0.3) is 11.4 Å². The highest BCUT2D eigenvalue weighted by molar-refractivity contribution is 8.00. The Bertz CT molecular complexity index is 973. The summed E-state index contributed by atoms with van der Waals surface area (Å²) in [5.41, 5.74) is 1.39. The fourth-order valence-corrected chi connectivity index (χ4v) is 4.28. The molecule has 0 bridgehead atoms. The minimum absolute atomic E-state index is 0.00340. The van der Waals surface area contributed by atoms with Crippen molar-refractivity contribution in [1.82, 2.24) is 4.98 Å². The zero-order valence-electron chi connectivity index (χ0n) is 12.9. The van der Waals surface area contributed by atoms with E-state index in [9.17, 15) is 20.2 Å². The van der Waals surface area contributed by atoms with E-state index in [0.717, 1.165) is 9.04 Å². The van der Waals surface area contributed by atoms with Crippen LogP contribution in [0.3, 0.4) is 0 Å². The Labute approximate surface area is 149 Å². The van der Waals surface area contributed by atoms with E-state index < -0.39 is 9.85 Å². The number of non-ortho nitro benzene ring substituents is 2. The minimum atomic E-state index is -0.454. The van der Waals surface area contributed by atoms with Gasteiger partial charge in [-0.25, -0.2) is 4.98 Å². The number of hydrogen-bond donors (Lipinski definition) is 0. The first kappa shape index (κ1) is 17.1. The molecule has 0 amide bonds. The zero-order chi connectivity index (χ0) is 18.0. The SMILES string of the molecule is COc1ccc([N+](=O)[O-])cc1CSc1nc2ccc([N+](=O)[O-])cc2s1. The van der Waals surface area contributed by atoms with E-state index in [1.807, 2.05) is 0 Å². The highest BCUT2D eigenvalue weighted by Crippen LogP contribution is 2.35. The number of nitrogens with zero attached hydrogens (tertiary/aromatic N) is 3. The average molecular weight is 377 g/mol. The molecule has 10 heteroatoms. The van der Waals surface area contributed by atoms with Crippen molar-refractivity contribution in [2.75, 3.05) is 7.11 Å². The van der Waals surface area contributed by atoms with Gasteiger partial charge in [0.05, 0.1) is 27.2 Å². The molecule has 3 aromatic rings. The van der Waals surface area contributed by atoms with E-state index in [1.54, 1.807) is 12.1 Å². The third kappa shape index (κ3) is 3.69. The number of aromatic nitrogens is 1. The van der Waals surface area contributed by atoms with Crippen molar-refractivity contribution in [2.45, 2.75) is 10.1 Å². The molecule has 3 rings (SSSR count). The lowest BCUT2D eigenvalue weighted by atomic mass is 10.2. The molecule has 128 valence electrons. The first-order chi connectivity index (χ1) is 12.0. The summed E-state index contributed by atoms with van der Waals surface area (Å²) in [4.78, 5) is 25.3. The van der Waals surface area contributed by atoms with Gasteiger partial charge in [-0.1, -0.05) is 11.8 Å². The molecule has 0 aliphatic rings. The zero-order valence-corrected chi connectivity index (χ0v) is 14.5. The van der Waals surface area contributed by atoms with Crippen LogP contribution in [0, 0.1) is 20.2 Å². The molecule has 0 spiro atoms. The summed E-state index contributed by atoms with van der Waals surface area (Å²) in [6.45, 7) is 0. The number of hydrogen-bond acceptors (Lipinski definition) is 8. The smallest absolute Gasteiger partial charge is 0.270 e. The third-order valence-electron chi connectivity index (χ3n) is 3.39. The molecular formula is C15H11N3O5S2. The molecule has 0 N–H and O–H groups in total. The van der Waals surface area contributed by atoms with Crippen LogP contribution in [-0.2, 0) is 5.75 Å². The lowest BCUT2D eigenvalue weighted by Gasteiger charge is -2.06. The minimum Gasteiger partial charge on any atom is -0.496 e. The summed E-state index contributed by atoms with van der Waals surface area (Å²) >= 11 is 2.74. The highest BCUT2D eigenvalue weighted by Gasteiger charge is 2.14. The van der Waals surface area contributed by atoms with Crippen LogP contribution < -0.4 is 4.74 Å². The molecule has 8 nitrogen and oxygen atoms in total. The van der Waals surface area contributed by atoms with Crippen LogP contribution in [0.5, 0.6) is 5.75 Å². The number of thiazole rings is 1. The Hall–Kier alpha value is -2.72. The van der Waals surface area contributed by atoms with Crippen molar-refractivity contribution in [3.8, 4) is 5.75 Å². The topological polar surface area (TPSA) is 108 Å². The van der Waals surface area contributed by atoms with Crippen LogP contribution in [0.1, 0.15) is 5.56 Å². The summed E-state index contributed by atoms with van der Waals surface area (Å²) in [6.07, 6.45) is 0. The molecule has 0 saturated carbocycles. The molecule has 2 aromatic carbocycles. The van der Waals surface area contributed by atoms with E-state index in [2.05, 4.69) is 4.98 Å². The molecule has 0 unspecified atom stereocenters. The largest absolute Gasteiger partial charge is 0.496 e. The number of methoxy groups -OCH3 is 1. The second-order valence-corrected chi connectivity index (χ2v) is 7.18. The van der Waals surface area contributed by atoms with Gasteiger partial charge in [0.2, 0.25) is 0 Å². The van der Waals surface area contributed by atoms with Gasteiger partial charge in [0.15, 0.2) is 4.34 Å². The summed E-state index contributed by atoms with van der Waals surface area (Å²) in [6, 6.07) is 8.95. The Balaban J connectivity index is 1.83. The Morgan fingerprint density at radius 2 is 1.80 bits per heavy atom. The molecule has 0 saturated heterocycles. The highest BCUT2D eigenvalue weighted by atomic mass is 32.2. The van der Waals surface area contributed by atoms with E-state index in [-0.39, 0.29) is 11.4 Å². The van der Waals surface area contributed by atoms with Gasteiger partial charge in [-0.3, -0.25) is 20.2 Å². The van der Waals surface area contributed by atoms with E-state index >= 15 is 0 Å². The lowest BCUT2D eigenvalue weighted by Crippen LogP contribution is -1.94. The van der Waals surface area contributed by atoms with Crippen LogP contribution >= 0.6 is 23.1 Å². The summed E-state index contributed by atoms with van der Waals surface area (Å²) in [5.74, 6) is 1.00. The van der Waals surface area contributed by atoms with E-state index in [4.69, 9.17) is 4.74 Å². The average Bonchev–Trinajstić information content (AvgIpc) is 3.01.